The number of benzene rings is 2. The molecule has 2 heterocycles. The Kier molecular flexibility index (Phi) is 5.90. The zero-order valence-corrected chi connectivity index (χ0v) is 18.3. The first kappa shape index (κ1) is 21.8. The van der Waals surface area contributed by atoms with Crippen LogP contribution in [0.25, 0.3) is 0 Å². The van der Waals surface area contributed by atoms with Gasteiger partial charge in [0, 0.05) is 24.0 Å². The van der Waals surface area contributed by atoms with Crippen molar-refractivity contribution in [2.24, 2.45) is 0 Å². The number of hydrogen-bond donors (Lipinski definition) is 1. The first-order valence-electron chi connectivity index (χ1n) is 10.2. The van der Waals surface area contributed by atoms with Crippen molar-refractivity contribution in [2.75, 3.05) is 5.32 Å². The summed E-state index contributed by atoms with van der Waals surface area (Å²) in [4.78, 5) is 23.6. The first-order valence-corrected chi connectivity index (χ1v) is 10.2. The lowest BCUT2D eigenvalue weighted by molar-refractivity contribution is -0.384. The molecule has 0 radical (unpaired) electrons. The highest BCUT2D eigenvalue weighted by Gasteiger charge is 2.16. The molecule has 0 atom stereocenters. The molecule has 0 bridgehead atoms. The number of nitro benzene ring substituents is 1. The zero-order valence-electron chi connectivity index (χ0n) is 18.3. The minimum absolute atomic E-state index is 0.170. The molecule has 10 nitrogen and oxygen atoms in total. The number of aromatic nitrogens is 4. The van der Waals surface area contributed by atoms with Crippen LogP contribution >= 0.6 is 0 Å². The molecule has 168 valence electrons. The van der Waals surface area contributed by atoms with Gasteiger partial charge in [0.1, 0.15) is 18.2 Å². The highest BCUT2D eigenvalue weighted by Crippen LogP contribution is 2.30. The molecule has 0 fully saturated rings. The molecule has 2 aromatic heterocycles. The second-order valence-corrected chi connectivity index (χ2v) is 7.65. The molecule has 33 heavy (non-hydrogen) atoms. The number of amides is 1. The van der Waals surface area contributed by atoms with Crippen molar-refractivity contribution >= 4 is 17.3 Å². The third kappa shape index (κ3) is 5.24. The summed E-state index contributed by atoms with van der Waals surface area (Å²) in [5.74, 6) is 0.267. The van der Waals surface area contributed by atoms with Gasteiger partial charge in [0.05, 0.1) is 22.4 Å². The van der Waals surface area contributed by atoms with Crippen molar-refractivity contribution < 1.29 is 14.5 Å². The van der Waals surface area contributed by atoms with Crippen LogP contribution in [0.1, 0.15) is 27.4 Å². The summed E-state index contributed by atoms with van der Waals surface area (Å²) in [6.07, 6.45) is 1.67. The van der Waals surface area contributed by atoms with E-state index in [2.05, 4.69) is 15.5 Å². The van der Waals surface area contributed by atoms with E-state index in [-0.39, 0.29) is 22.8 Å². The van der Waals surface area contributed by atoms with E-state index in [0.717, 1.165) is 17.0 Å². The van der Waals surface area contributed by atoms with Crippen LogP contribution in [0, 0.1) is 30.9 Å². The summed E-state index contributed by atoms with van der Waals surface area (Å²) >= 11 is 0. The highest BCUT2D eigenvalue weighted by molar-refractivity contribution is 6.03. The molecule has 0 aliphatic rings. The van der Waals surface area contributed by atoms with Crippen LogP contribution in [-0.4, -0.2) is 30.4 Å². The third-order valence-electron chi connectivity index (χ3n) is 4.87. The van der Waals surface area contributed by atoms with Crippen LogP contribution in [0.4, 0.5) is 11.4 Å². The van der Waals surface area contributed by atoms with E-state index in [4.69, 9.17) is 4.74 Å². The molecule has 2 aromatic carbocycles. The minimum Gasteiger partial charge on any atom is -0.457 e. The van der Waals surface area contributed by atoms with E-state index >= 15 is 0 Å². The van der Waals surface area contributed by atoms with Crippen molar-refractivity contribution in [3.05, 3.63) is 93.6 Å². The van der Waals surface area contributed by atoms with Gasteiger partial charge in [-0.2, -0.15) is 10.2 Å². The number of non-ortho nitro benzene ring substituents is 1. The Morgan fingerprint density at radius 3 is 2.45 bits per heavy atom. The van der Waals surface area contributed by atoms with E-state index in [9.17, 15) is 14.9 Å². The molecule has 4 aromatic rings. The number of ether oxygens (including phenoxy) is 1. The molecule has 4 rings (SSSR count). The molecule has 1 N–H and O–H groups in total. The van der Waals surface area contributed by atoms with Gasteiger partial charge >= 0.3 is 0 Å². The van der Waals surface area contributed by atoms with Crippen molar-refractivity contribution in [1.29, 1.82) is 0 Å². The molecule has 1 amide bonds. The number of hydrogen-bond acceptors (Lipinski definition) is 6. The molecule has 0 saturated carbocycles. The summed E-state index contributed by atoms with van der Waals surface area (Å²) < 4.78 is 9.12. The fourth-order valence-electron chi connectivity index (χ4n) is 3.27. The molecule has 0 saturated heterocycles. The van der Waals surface area contributed by atoms with Gasteiger partial charge in [-0.3, -0.25) is 19.6 Å². The SMILES string of the molecule is Cc1ccc(Oc2cc(NC(=O)c3ccn(Cn4nc(C)cc4C)n3)cc([N+](=O)[O-])c2)cc1. The number of nitrogens with one attached hydrogen (secondary N) is 1. The standard InChI is InChI=1S/C23H22N6O4/c1-15-4-6-20(7-5-15)33-21-12-18(11-19(13-21)29(31)32)24-23(30)22-8-9-27(26-22)14-28-17(3)10-16(2)25-28/h4-13H,14H2,1-3H3,(H,24,30). The summed E-state index contributed by atoms with van der Waals surface area (Å²) in [7, 11) is 0. The second-order valence-electron chi connectivity index (χ2n) is 7.65. The van der Waals surface area contributed by atoms with Crippen LogP contribution in [0.5, 0.6) is 11.5 Å². The van der Waals surface area contributed by atoms with Gasteiger partial charge in [0.15, 0.2) is 5.69 Å². The Bertz CT molecular complexity index is 1320. The van der Waals surface area contributed by atoms with Gasteiger partial charge in [-0.05, 0) is 45.0 Å². The van der Waals surface area contributed by atoms with Gasteiger partial charge in [-0.25, -0.2) is 4.68 Å². The Balaban J connectivity index is 1.51. The van der Waals surface area contributed by atoms with Gasteiger partial charge in [-0.15, -0.1) is 0 Å². The fraction of sp³-hybridized carbons (Fsp3) is 0.174. The number of anilines is 1. The van der Waals surface area contributed by atoms with Gasteiger partial charge in [0.25, 0.3) is 11.6 Å². The Labute approximate surface area is 189 Å². The average molecular weight is 446 g/mol. The average Bonchev–Trinajstić information content (AvgIpc) is 3.35. The monoisotopic (exact) mass is 446 g/mol. The minimum atomic E-state index is -0.541. The van der Waals surface area contributed by atoms with Gasteiger partial charge < -0.3 is 10.1 Å². The van der Waals surface area contributed by atoms with Crippen molar-refractivity contribution in [3.63, 3.8) is 0 Å². The molecule has 0 aliphatic carbocycles. The van der Waals surface area contributed by atoms with Gasteiger partial charge in [-0.1, -0.05) is 17.7 Å². The molecule has 0 spiro atoms. The maximum absolute atomic E-state index is 12.7. The largest absolute Gasteiger partial charge is 0.457 e. The number of rotatable bonds is 7. The Morgan fingerprint density at radius 2 is 1.79 bits per heavy atom. The molecular formula is C23H22N6O4. The van der Waals surface area contributed by atoms with E-state index in [1.165, 1.54) is 18.2 Å². The van der Waals surface area contributed by atoms with E-state index in [0.29, 0.717) is 12.4 Å². The van der Waals surface area contributed by atoms with Crippen molar-refractivity contribution in [1.82, 2.24) is 19.6 Å². The molecular weight excluding hydrogens is 424 g/mol. The second kappa shape index (κ2) is 8.95. The maximum atomic E-state index is 12.7. The highest BCUT2D eigenvalue weighted by atomic mass is 16.6. The predicted octanol–water partition coefficient (Wildman–Crippen LogP) is 4.46. The van der Waals surface area contributed by atoms with Crippen LogP contribution in [0.15, 0.2) is 60.8 Å². The molecule has 0 unspecified atom stereocenters. The van der Waals surface area contributed by atoms with Crippen molar-refractivity contribution in [3.8, 4) is 11.5 Å². The first-order chi connectivity index (χ1) is 15.8. The number of carbonyl (C=O) groups is 1. The summed E-state index contributed by atoms with van der Waals surface area (Å²) in [5, 5.41) is 22.7. The summed E-state index contributed by atoms with van der Waals surface area (Å²) in [6.45, 7) is 6.15. The number of nitro groups is 1. The lowest BCUT2D eigenvalue weighted by Crippen LogP contribution is -2.15. The number of aryl methyl sites for hydroxylation is 3. The summed E-state index contributed by atoms with van der Waals surface area (Å²) in [5.41, 5.74) is 3.13. The lowest BCUT2D eigenvalue weighted by Gasteiger charge is -2.09. The zero-order chi connectivity index (χ0) is 23.5. The molecule has 10 heteroatoms. The smallest absolute Gasteiger partial charge is 0.276 e. The Hall–Kier alpha value is -4.47. The third-order valence-corrected chi connectivity index (χ3v) is 4.87. The topological polar surface area (TPSA) is 117 Å². The predicted molar refractivity (Wildman–Crippen MR) is 122 cm³/mol. The summed E-state index contributed by atoms with van der Waals surface area (Å²) in [6, 6.07) is 14.9. The maximum Gasteiger partial charge on any atom is 0.276 e. The normalized spacial score (nSPS) is 10.8. The van der Waals surface area contributed by atoms with E-state index < -0.39 is 10.8 Å². The Morgan fingerprint density at radius 1 is 1.03 bits per heavy atom. The van der Waals surface area contributed by atoms with Crippen LogP contribution < -0.4 is 10.1 Å². The quantitative estimate of drug-likeness (QED) is 0.331. The van der Waals surface area contributed by atoms with Crippen LogP contribution in [-0.2, 0) is 6.67 Å². The van der Waals surface area contributed by atoms with Crippen LogP contribution in [0.3, 0.4) is 0 Å². The van der Waals surface area contributed by atoms with Crippen LogP contribution in [0.2, 0.25) is 0 Å². The lowest BCUT2D eigenvalue weighted by atomic mass is 10.2. The molecule has 0 aliphatic heterocycles. The van der Waals surface area contributed by atoms with E-state index in [1.54, 1.807) is 33.8 Å². The van der Waals surface area contributed by atoms with Crippen molar-refractivity contribution in [2.45, 2.75) is 27.4 Å². The number of carbonyl (C=O) groups excluding carboxylic acids is 1. The van der Waals surface area contributed by atoms with E-state index in [1.807, 2.05) is 39.0 Å². The fourth-order valence-corrected chi connectivity index (χ4v) is 3.27. The number of nitrogens with zero attached hydrogens (tertiary/aromatic N) is 5. The van der Waals surface area contributed by atoms with Gasteiger partial charge in [0.2, 0.25) is 0 Å².